The topological polar surface area (TPSA) is 77.6 Å². The molecule has 1 aliphatic carbocycles. The van der Waals surface area contributed by atoms with Crippen molar-refractivity contribution in [3.63, 3.8) is 0 Å². The van der Waals surface area contributed by atoms with Crippen molar-refractivity contribution < 1.29 is 4.79 Å². The second-order valence-corrected chi connectivity index (χ2v) is 7.62. The number of rotatable bonds is 4. The van der Waals surface area contributed by atoms with Crippen LogP contribution < -0.4 is 5.32 Å². The second-order valence-electron chi connectivity index (χ2n) is 7.62. The van der Waals surface area contributed by atoms with Crippen molar-refractivity contribution in [2.75, 3.05) is 5.32 Å². The van der Waals surface area contributed by atoms with Crippen molar-refractivity contribution in [1.82, 2.24) is 24.5 Å². The summed E-state index contributed by atoms with van der Waals surface area (Å²) in [6.45, 7) is 6.00. The summed E-state index contributed by atoms with van der Waals surface area (Å²) in [6.07, 6.45) is 9.48. The molecule has 7 nitrogen and oxygen atoms in total. The van der Waals surface area contributed by atoms with E-state index in [0.29, 0.717) is 17.3 Å². The van der Waals surface area contributed by atoms with Gasteiger partial charge in [0.15, 0.2) is 5.65 Å². The number of carbonyl (C=O) groups excluding carboxylic acids is 1. The number of hydrogen-bond donors (Lipinski definition) is 1. The smallest absolute Gasteiger partial charge is 0.258 e. The molecule has 0 unspecified atom stereocenters. The van der Waals surface area contributed by atoms with E-state index in [1.54, 1.807) is 12.4 Å². The third-order valence-corrected chi connectivity index (χ3v) is 5.33. The van der Waals surface area contributed by atoms with Gasteiger partial charge in [-0.25, -0.2) is 14.3 Å². The molecule has 3 aromatic heterocycles. The summed E-state index contributed by atoms with van der Waals surface area (Å²) < 4.78 is 3.84. The lowest BCUT2D eigenvalue weighted by Crippen LogP contribution is -2.21. The van der Waals surface area contributed by atoms with Gasteiger partial charge in [0, 0.05) is 17.5 Å². The molecule has 27 heavy (non-hydrogen) atoms. The molecule has 7 heteroatoms. The number of carbonyl (C=O) groups is 1. The van der Waals surface area contributed by atoms with E-state index in [1.807, 2.05) is 28.4 Å². The highest BCUT2D eigenvalue weighted by Crippen LogP contribution is 2.30. The molecule has 3 aromatic rings. The van der Waals surface area contributed by atoms with Crippen LogP contribution in [0.25, 0.3) is 11.0 Å². The van der Waals surface area contributed by atoms with Gasteiger partial charge in [-0.15, -0.1) is 0 Å². The third kappa shape index (κ3) is 3.34. The Morgan fingerprint density at radius 3 is 2.74 bits per heavy atom. The van der Waals surface area contributed by atoms with E-state index in [1.165, 1.54) is 19.3 Å². The third-order valence-electron chi connectivity index (χ3n) is 5.33. The maximum absolute atomic E-state index is 12.9. The normalized spacial score (nSPS) is 15.6. The average Bonchev–Trinajstić information content (AvgIpc) is 3.28. The molecular formula is C20H26N6O. The Labute approximate surface area is 158 Å². The molecule has 0 aliphatic heterocycles. The quantitative estimate of drug-likeness (QED) is 0.748. The Morgan fingerprint density at radius 2 is 2.00 bits per heavy atom. The van der Waals surface area contributed by atoms with Crippen molar-refractivity contribution in [2.24, 2.45) is 0 Å². The molecular weight excluding hydrogens is 340 g/mol. The number of fused-ring (bicyclic) bond motifs is 1. The lowest BCUT2D eigenvalue weighted by atomic mass is 9.96. The molecule has 0 saturated heterocycles. The zero-order valence-electron chi connectivity index (χ0n) is 16.1. The van der Waals surface area contributed by atoms with Crippen LogP contribution in [0, 0.1) is 6.92 Å². The summed E-state index contributed by atoms with van der Waals surface area (Å²) in [5.74, 6) is 0.598. The molecule has 0 atom stereocenters. The summed E-state index contributed by atoms with van der Waals surface area (Å²) in [4.78, 5) is 17.6. The van der Waals surface area contributed by atoms with Gasteiger partial charge in [-0.2, -0.15) is 10.2 Å². The maximum atomic E-state index is 12.9. The SMILES string of the molecule is Cc1nc2c(cnn2C(C)C)cc1C(=O)Nc1ccnn1C1CCCCC1. The first-order valence-corrected chi connectivity index (χ1v) is 9.74. The predicted octanol–water partition coefficient (Wildman–Crippen LogP) is 4.27. The Morgan fingerprint density at radius 1 is 1.22 bits per heavy atom. The fourth-order valence-corrected chi connectivity index (χ4v) is 3.89. The number of amides is 1. The number of nitrogens with one attached hydrogen (secondary N) is 1. The van der Waals surface area contributed by atoms with Crippen LogP contribution >= 0.6 is 0 Å². The fraction of sp³-hybridized carbons (Fsp3) is 0.500. The van der Waals surface area contributed by atoms with Crippen LogP contribution in [-0.4, -0.2) is 30.5 Å². The molecule has 0 radical (unpaired) electrons. The van der Waals surface area contributed by atoms with Gasteiger partial charge in [-0.3, -0.25) is 4.79 Å². The van der Waals surface area contributed by atoms with Gasteiger partial charge in [0.1, 0.15) is 5.82 Å². The molecule has 0 spiro atoms. The summed E-state index contributed by atoms with van der Waals surface area (Å²) in [5.41, 5.74) is 2.08. The second kappa shape index (κ2) is 7.13. The molecule has 0 aromatic carbocycles. The fourth-order valence-electron chi connectivity index (χ4n) is 3.89. The van der Waals surface area contributed by atoms with Crippen LogP contribution in [-0.2, 0) is 0 Å². The predicted molar refractivity (Wildman–Crippen MR) is 105 cm³/mol. The molecule has 1 fully saturated rings. The van der Waals surface area contributed by atoms with E-state index in [-0.39, 0.29) is 11.9 Å². The first kappa shape index (κ1) is 17.7. The van der Waals surface area contributed by atoms with Gasteiger partial charge in [0.2, 0.25) is 0 Å². The lowest BCUT2D eigenvalue weighted by molar-refractivity contribution is 0.102. The van der Waals surface area contributed by atoms with Gasteiger partial charge < -0.3 is 5.32 Å². The van der Waals surface area contributed by atoms with Crippen molar-refractivity contribution in [3.8, 4) is 0 Å². The number of nitrogens with zero attached hydrogens (tertiary/aromatic N) is 5. The van der Waals surface area contributed by atoms with E-state index in [2.05, 4.69) is 34.3 Å². The van der Waals surface area contributed by atoms with Crippen molar-refractivity contribution in [3.05, 3.63) is 35.8 Å². The van der Waals surface area contributed by atoms with Crippen LogP contribution in [0.5, 0.6) is 0 Å². The van der Waals surface area contributed by atoms with E-state index in [4.69, 9.17) is 0 Å². The van der Waals surface area contributed by atoms with Gasteiger partial charge in [0.25, 0.3) is 5.91 Å². The standard InChI is InChI=1S/C20H26N6O/c1-13(2)25-19-15(12-22-25)11-17(14(3)23-19)20(27)24-18-9-10-21-26(18)16-7-5-4-6-8-16/h9-13,16H,4-8H2,1-3H3,(H,24,27). The first-order valence-electron chi connectivity index (χ1n) is 9.74. The maximum Gasteiger partial charge on any atom is 0.258 e. The highest BCUT2D eigenvalue weighted by atomic mass is 16.1. The zero-order chi connectivity index (χ0) is 19.0. The molecule has 142 valence electrons. The highest BCUT2D eigenvalue weighted by Gasteiger charge is 2.21. The van der Waals surface area contributed by atoms with Crippen LogP contribution in [0.2, 0.25) is 0 Å². The minimum absolute atomic E-state index is 0.156. The number of hydrogen-bond acceptors (Lipinski definition) is 4. The Kier molecular flexibility index (Phi) is 4.68. The van der Waals surface area contributed by atoms with E-state index in [9.17, 15) is 4.79 Å². The van der Waals surface area contributed by atoms with Gasteiger partial charge >= 0.3 is 0 Å². The largest absolute Gasteiger partial charge is 0.307 e. The van der Waals surface area contributed by atoms with E-state index in [0.717, 1.165) is 29.7 Å². The summed E-state index contributed by atoms with van der Waals surface area (Å²) >= 11 is 0. The molecule has 1 saturated carbocycles. The number of aromatic nitrogens is 5. The molecule has 4 rings (SSSR count). The Hall–Kier alpha value is -2.70. The number of anilines is 1. The first-order chi connectivity index (χ1) is 13.0. The minimum atomic E-state index is -0.156. The molecule has 1 amide bonds. The minimum Gasteiger partial charge on any atom is -0.307 e. The van der Waals surface area contributed by atoms with E-state index >= 15 is 0 Å². The number of pyridine rings is 1. The zero-order valence-corrected chi connectivity index (χ0v) is 16.1. The molecule has 1 N–H and O–H groups in total. The monoisotopic (exact) mass is 366 g/mol. The van der Waals surface area contributed by atoms with Gasteiger partial charge in [0.05, 0.1) is 29.7 Å². The Balaban J connectivity index is 1.60. The average molecular weight is 366 g/mol. The summed E-state index contributed by atoms with van der Waals surface area (Å²) in [7, 11) is 0. The van der Waals surface area contributed by atoms with Crippen LogP contribution in [0.1, 0.15) is 74.1 Å². The van der Waals surface area contributed by atoms with Crippen molar-refractivity contribution >= 4 is 22.8 Å². The highest BCUT2D eigenvalue weighted by molar-refractivity contribution is 6.06. The summed E-state index contributed by atoms with van der Waals surface area (Å²) in [6, 6.07) is 4.33. The van der Waals surface area contributed by atoms with Crippen LogP contribution in [0.3, 0.4) is 0 Å². The van der Waals surface area contributed by atoms with Crippen molar-refractivity contribution in [2.45, 2.75) is 65.0 Å². The summed E-state index contributed by atoms with van der Waals surface area (Å²) in [5, 5.41) is 12.8. The number of aryl methyl sites for hydroxylation is 1. The van der Waals surface area contributed by atoms with Crippen LogP contribution in [0.15, 0.2) is 24.5 Å². The molecule has 3 heterocycles. The van der Waals surface area contributed by atoms with Crippen LogP contribution in [0.4, 0.5) is 5.82 Å². The Bertz CT molecular complexity index is 964. The molecule has 1 aliphatic rings. The van der Waals surface area contributed by atoms with Crippen molar-refractivity contribution in [1.29, 1.82) is 0 Å². The lowest BCUT2D eigenvalue weighted by Gasteiger charge is -2.24. The van der Waals surface area contributed by atoms with E-state index < -0.39 is 0 Å². The molecule has 0 bridgehead atoms. The van der Waals surface area contributed by atoms with Gasteiger partial charge in [-0.1, -0.05) is 19.3 Å². The van der Waals surface area contributed by atoms with Gasteiger partial charge in [-0.05, 0) is 39.7 Å².